The summed E-state index contributed by atoms with van der Waals surface area (Å²) >= 11 is 1.30. The molecule has 36 heavy (non-hydrogen) atoms. The Morgan fingerprint density at radius 2 is 1.83 bits per heavy atom. The van der Waals surface area contributed by atoms with E-state index < -0.39 is 5.91 Å². The summed E-state index contributed by atoms with van der Waals surface area (Å²) in [5, 5.41) is 21.4. The summed E-state index contributed by atoms with van der Waals surface area (Å²) < 4.78 is 17.4. The molecule has 188 valence electrons. The van der Waals surface area contributed by atoms with Gasteiger partial charge in [-0.15, -0.1) is 10.2 Å². The van der Waals surface area contributed by atoms with Gasteiger partial charge >= 0.3 is 0 Å². The average Bonchev–Trinajstić information content (AvgIpc) is 3.30. The molecule has 0 fully saturated rings. The summed E-state index contributed by atoms with van der Waals surface area (Å²) in [7, 11) is 0. The van der Waals surface area contributed by atoms with E-state index in [0.717, 1.165) is 23.6 Å². The summed E-state index contributed by atoms with van der Waals surface area (Å²) in [6.07, 6.45) is 3.23. The Morgan fingerprint density at radius 1 is 1.03 bits per heavy atom. The van der Waals surface area contributed by atoms with Crippen molar-refractivity contribution in [3.05, 3.63) is 63.7 Å². The van der Waals surface area contributed by atoms with E-state index in [4.69, 9.17) is 14.2 Å². The molecule has 1 aromatic heterocycles. The zero-order valence-electron chi connectivity index (χ0n) is 21.0. The Labute approximate surface area is 215 Å². The van der Waals surface area contributed by atoms with Gasteiger partial charge in [-0.05, 0) is 74.2 Å². The highest BCUT2D eigenvalue weighted by Gasteiger charge is 2.14. The molecule has 0 aliphatic heterocycles. The van der Waals surface area contributed by atoms with E-state index in [1.54, 1.807) is 18.2 Å². The second kappa shape index (κ2) is 13.3. The predicted molar refractivity (Wildman–Crippen MR) is 141 cm³/mol. The van der Waals surface area contributed by atoms with Gasteiger partial charge in [0.1, 0.15) is 35.6 Å². The minimum Gasteiger partial charge on any atom is -0.490 e. The lowest BCUT2D eigenvalue weighted by Gasteiger charge is -2.13. The molecule has 0 saturated heterocycles. The molecule has 0 bridgehead atoms. The Hall–Kier alpha value is -3.90. The van der Waals surface area contributed by atoms with Gasteiger partial charge in [0.2, 0.25) is 5.13 Å². The van der Waals surface area contributed by atoms with Crippen molar-refractivity contribution < 1.29 is 19.0 Å². The van der Waals surface area contributed by atoms with E-state index in [2.05, 4.69) is 22.4 Å². The lowest BCUT2D eigenvalue weighted by atomic mass is 10.1. The van der Waals surface area contributed by atoms with Crippen LogP contribution in [0.2, 0.25) is 0 Å². The maximum atomic E-state index is 12.6. The van der Waals surface area contributed by atoms with Gasteiger partial charge in [0.05, 0.1) is 6.61 Å². The number of benzene rings is 2. The van der Waals surface area contributed by atoms with Gasteiger partial charge in [-0.25, -0.2) is 0 Å². The summed E-state index contributed by atoms with van der Waals surface area (Å²) in [4.78, 5) is 12.6. The fourth-order valence-corrected chi connectivity index (χ4v) is 4.05. The van der Waals surface area contributed by atoms with Crippen molar-refractivity contribution in [3.63, 3.8) is 0 Å². The van der Waals surface area contributed by atoms with Gasteiger partial charge in [-0.2, -0.15) is 5.26 Å². The minimum atomic E-state index is -0.543. The number of nitrogens with one attached hydrogen (secondary N) is 1. The number of hydrogen-bond donors (Lipinski definition) is 1. The van der Waals surface area contributed by atoms with Gasteiger partial charge in [-0.1, -0.05) is 30.4 Å². The highest BCUT2D eigenvalue weighted by molar-refractivity contribution is 7.15. The molecule has 0 saturated carbocycles. The predicted octanol–water partition coefficient (Wildman–Crippen LogP) is 5.51. The van der Waals surface area contributed by atoms with Gasteiger partial charge in [0, 0.05) is 6.42 Å². The van der Waals surface area contributed by atoms with Gasteiger partial charge in [0.25, 0.3) is 5.91 Å². The van der Waals surface area contributed by atoms with Crippen LogP contribution >= 0.6 is 11.3 Å². The van der Waals surface area contributed by atoms with E-state index in [9.17, 15) is 10.1 Å². The van der Waals surface area contributed by atoms with Crippen LogP contribution in [0.25, 0.3) is 6.08 Å². The van der Waals surface area contributed by atoms with Gasteiger partial charge in [-0.3, -0.25) is 10.1 Å². The second-order valence-corrected chi connectivity index (χ2v) is 9.02. The molecule has 0 atom stereocenters. The highest BCUT2D eigenvalue weighted by Crippen LogP contribution is 2.30. The first-order chi connectivity index (χ1) is 17.4. The summed E-state index contributed by atoms with van der Waals surface area (Å²) in [5.74, 6) is 1.32. The van der Waals surface area contributed by atoms with Crippen molar-refractivity contribution in [2.24, 2.45) is 0 Å². The van der Waals surface area contributed by atoms with Crippen molar-refractivity contribution in [3.8, 4) is 23.3 Å². The third kappa shape index (κ3) is 7.55. The molecule has 0 aliphatic carbocycles. The van der Waals surface area contributed by atoms with Crippen LogP contribution in [0.3, 0.4) is 0 Å². The van der Waals surface area contributed by atoms with Crippen molar-refractivity contribution in [2.45, 2.75) is 40.5 Å². The van der Waals surface area contributed by atoms with E-state index in [1.807, 2.05) is 45.0 Å². The Morgan fingerprint density at radius 3 is 2.56 bits per heavy atom. The molecule has 2 aromatic carbocycles. The molecule has 1 amide bonds. The van der Waals surface area contributed by atoms with Crippen molar-refractivity contribution in [1.29, 1.82) is 5.26 Å². The van der Waals surface area contributed by atoms with E-state index in [1.165, 1.54) is 28.5 Å². The minimum absolute atomic E-state index is 0.0554. The fraction of sp³-hybridized carbons (Fsp3) is 0.333. The SMILES string of the molecule is CCCc1nnc(NC(=O)/C(C#N)=C\c2ccc(OCCOc3ccc(C)c(C)c3)c(OCC)c2)s1. The third-order valence-electron chi connectivity index (χ3n) is 5.18. The molecule has 0 aliphatic rings. The molecule has 0 radical (unpaired) electrons. The number of carbonyl (C=O) groups excluding carboxylic acids is 1. The summed E-state index contributed by atoms with van der Waals surface area (Å²) in [6, 6.07) is 13.2. The number of rotatable bonds is 12. The standard InChI is InChI=1S/C27H30N4O4S/c1-5-7-25-30-31-27(36-25)29-26(32)21(17-28)15-20-9-11-23(24(16-20)33-6-2)35-13-12-34-22-10-8-18(3)19(4)14-22/h8-11,14-16H,5-7,12-13H2,1-4H3,(H,29,31,32)/b21-15-. The maximum Gasteiger partial charge on any atom is 0.268 e. The lowest BCUT2D eigenvalue weighted by Crippen LogP contribution is -2.13. The van der Waals surface area contributed by atoms with E-state index in [-0.39, 0.29) is 5.57 Å². The molecule has 3 rings (SSSR count). The number of nitriles is 1. The smallest absolute Gasteiger partial charge is 0.268 e. The van der Waals surface area contributed by atoms with Crippen LogP contribution in [-0.2, 0) is 11.2 Å². The molecule has 9 heteroatoms. The van der Waals surface area contributed by atoms with E-state index in [0.29, 0.717) is 42.0 Å². The van der Waals surface area contributed by atoms with E-state index >= 15 is 0 Å². The van der Waals surface area contributed by atoms with Gasteiger partial charge < -0.3 is 14.2 Å². The number of amides is 1. The normalized spacial score (nSPS) is 11.0. The molecule has 8 nitrogen and oxygen atoms in total. The topological polar surface area (TPSA) is 106 Å². The summed E-state index contributed by atoms with van der Waals surface area (Å²) in [6.45, 7) is 9.16. The van der Waals surface area contributed by atoms with Crippen molar-refractivity contribution in [1.82, 2.24) is 10.2 Å². The Kier molecular flexibility index (Phi) is 9.83. The molecule has 1 N–H and O–H groups in total. The fourth-order valence-electron chi connectivity index (χ4n) is 3.22. The van der Waals surface area contributed by atoms with Crippen LogP contribution in [0.1, 0.15) is 42.0 Å². The van der Waals surface area contributed by atoms with Crippen LogP contribution in [0.4, 0.5) is 5.13 Å². The Balaban J connectivity index is 1.64. The number of hydrogen-bond acceptors (Lipinski definition) is 8. The Bertz CT molecular complexity index is 1260. The van der Waals surface area contributed by atoms with Crippen LogP contribution in [0.5, 0.6) is 17.2 Å². The van der Waals surface area contributed by atoms with Crippen molar-refractivity contribution in [2.75, 3.05) is 25.1 Å². The first-order valence-corrected chi connectivity index (χ1v) is 12.6. The maximum absolute atomic E-state index is 12.6. The van der Waals surface area contributed by atoms with Crippen LogP contribution in [0, 0.1) is 25.2 Å². The molecule has 1 heterocycles. The lowest BCUT2D eigenvalue weighted by molar-refractivity contribution is -0.112. The van der Waals surface area contributed by atoms with Gasteiger partial charge in [0.15, 0.2) is 11.5 Å². The van der Waals surface area contributed by atoms with Crippen LogP contribution in [-0.4, -0.2) is 35.9 Å². The first-order valence-electron chi connectivity index (χ1n) is 11.8. The molecule has 0 unspecified atom stereocenters. The number of nitrogens with zero attached hydrogens (tertiary/aromatic N) is 3. The van der Waals surface area contributed by atoms with Crippen LogP contribution < -0.4 is 19.5 Å². The zero-order chi connectivity index (χ0) is 25.9. The molecular formula is C27H30N4O4S. The number of aryl methyl sites for hydroxylation is 3. The quantitative estimate of drug-likeness (QED) is 0.196. The number of ether oxygens (including phenoxy) is 3. The molecular weight excluding hydrogens is 476 g/mol. The average molecular weight is 507 g/mol. The molecule has 0 spiro atoms. The number of aromatic nitrogens is 2. The molecule has 3 aromatic rings. The number of anilines is 1. The largest absolute Gasteiger partial charge is 0.490 e. The first kappa shape index (κ1) is 26.7. The number of carbonyl (C=O) groups is 1. The summed E-state index contributed by atoms with van der Waals surface area (Å²) in [5.41, 5.74) is 2.96. The second-order valence-electron chi connectivity index (χ2n) is 7.96. The van der Waals surface area contributed by atoms with Crippen molar-refractivity contribution >= 4 is 28.5 Å². The third-order valence-corrected chi connectivity index (χ3v) is 6.08. The monoisotopic (exact) mass is 506 g/mol. The highest BCUT2D eigenvalue weighted by atomic mass is 32.1. The zero-order valence-corrected chi connectivity index (χ0v) is 21.8. The van der Waals surface area contributed by atoms with Crippen LogP contribution in [0.15, 0.2) is 42.0 Å².